The largest absolute Gasteiger partial charge is 0.464 e. The molecule has 1 aromatic heterocycles. The summed E-state index contributed by atoms with van der Waals surface area (Å²) in [6.45, 7) is 0.268. The van der Waals surface area contributed by atoms with E-state index in [0.717, 1.165) is 6.07 Å². The number of nitrogens with zero attached hydrogens (tertiary/aromatic N) is 3. The molecule has 0 saturated carbocycles. The minimum atomic E-state index is -0.680. The Hall–Kier alpha value is -4.25. The highest BCUT2D eigenvalue weighted by molar-refractivity contribution is 5.91. The minimum absolute atomic E-state index is 0.0435. The van der Waals surface area contributed by atoms with Crippen molar-refractivity contribution in [1.82, 2.24) is 9.55 Å². The highest BCUT2D eigenvalue weighted by Crippen LogP contribution is 2.29. The van der Waals surface area contributed by atoms with Gasteiger partial charge in [0, 0.05) is 30.7 Å². The summed E-state index contributed by atoms with van der Waals surface area (Å²) in [5, 5.41) is 14.6. The maximum Gasteiger partial charge on any atom is 0.358 e. The number of esters is 2. The van der Waals surface area contributed by atoms with Gasteiger partial charge in [0.1, 0.15) is 18.6 Å². The summed E-state index contributed by atoms with van der Waals surface area (Å²) in [5.74, 6) is -1.24. The number of aromatic nitrogens is 2. The topological polar surface area (TPSA) is 135 Å². The molecule has 0 aliphatic rings. The number of ether oxygens (including phenoxy) is 3. The van der Waals surface area contributed by atoms with Crippen LogP contribution < -0.4 is 5.32 Å². The Bertz CT molecular complexity index is 1140. The molecule has 32 heavy (non-hydrogen) atoms. The lowest BCUT2D eigenvalue weighted by atomic mass is 10.1. The van der Waals surface area contributed by atoms with Crippen molar-refractivity contribution >= 4 is 29.0 Å². The first-order chi connectivity index (χ1) is 15.4. The van der Waals surface area contributed by atoms with Crippen molar-refractivity contribution in [2.45, 2.75) is 0 Å². The smallest absolute Gasteiger partial charge is 0.358 e. The molecule has 0 aliphatic carbocycles. The molecule has 166 valence electrons. The van der Waals surface area contributed by atoms with Crippen LogP contribution in [-0.4, -0.2) is 53.8 Å². The number of rotatable bonds is 9. The van der Waals surface area contributed by atoms with Gasteiger partial charge in [0.2, 0.25) is 0 Å². The normalized spacial score (nSPS) is 10.4. The van der Waals surface area contributed by atoms with E-state index in [4.69, 9.17) is 9.47 Å². The zero-order valence-corrected chi connectivity index (χ0v) is 17.3. The quantitative estimate of drug-likeness (QED) is 0.230. The van der Waals surface area contributed by atoms with Crippen molar-refractivity contribution in [3.05, 3.63) is 76.4 Å². The van der Waals surface area contributed by atoms with Gasteiger partial charge in [0.05, 0.1) is 24.2 Å². The van der Waals surface area contributed by atoms with Crippen LogP contribution in [0.4, 0.5) is 17.1 Å². The van der Waals surface area contributed by atoms with Gasteiger partial charge in [-0.3, -0.25) is 10.1 Å². The van der Waals surface area contributed by atoms with Gasteiger partial charge in [-0.05, 0) is 30.3 Å². The molecule has 0 fully saturated rings. The Morgan fingerprint density at radius 2 is 1.94 bits per heavy atom. The van der Waals surface area contributed by atoms with E-state index < -0.39 is 16.9 Å². The third-order valence-electron chi connectivity index (χ3n) is 4.35. The molecule has 3 aromatic rings. The third kappa shape index (κ3) is 5.26. The van der Waals surface area contributed by atoms with Gasteiger partial charge >= 0.3 is 11.9 Å². The van der Waals surface area contributed by atoms with Gasteiger partial charge in [-0.25, -0.2) is 14.6 Å². The molecule has 0 unspecified atom stereocenters. The van der Waals surface area contributed by atoms with Gasteiger partial charge in [0.25, 0.3) is 5.69 Å². The van der Waals surface area contributed by atoms with E-state index in [2.05, 4.69) is 15.0 Å². The van der Waals surface area contributed by atoms with Crippen LogP contribution in [0, 0.1) is 10.1 Å². The summed E-state index contributed by atoms with van der Waals surface area (Å²) in [5.41, 5.74) is 1.33. The molecule has 0 atom stereocenters. The number of nitrogens with one attached hydrogen (secondary N) is 1. The van der Waals surface area contributed by atoms with Crippen LogP contribution in [0.1, 0.15) is 20.8 Å². The first kappa shape index (κ1) is 22.4. The lowest BCUT2D eigenvalue weighted by molar-refractivity contribution is -0.383. The zero-order chi connectivity index (χ0) is 23.1. The molecule has 3 rings (SSSR count). The molecule has 0 amide bonds. The summed E-state index contributed by atoms with van der Waals surface area (Å²) in [4.78, 5) is 38.7. The summed E-state index contributed by atoms with van der Waals surface area (Å²) < 4.78 is 16.1. The van der Waals surface area contributed by atoms with Crippen LogP contribution in [0.5, 0.6) is 0 Å². The van der Waals surface area contributed by atoms with Crippen LogP contribution in [0.2, 0.25) is 0 Å². The number of imidazole rings is 1. The first-order valence-corrected chi connectivity index (χ1v) is 9.37. The number of hydrogen-bond donors (Lipinski definition) is 1. The molecule has 11 nitrogen and oxygen atoms in total. The SMILES string of the molecule is COCCOC(=O)c1ccc(Nc2cccc(-n3cnc(C(=O)OC)c3)c2)c([N+](=O)[O-])c1. The van der Waals surface area contributed by atoms with Crippen molar-refractivity contribution in [1.29, 1.82) is 0 Å². The highest BCUT2D eigenvalue weighted by atomic mass is 16.6. The number of carbonyl (C=O) groups is 2. The number of benzene rings is 2. The average Bonchev–Trinajstić information content (AvgIpc) is 3.29. The molecule has 11 heteroatoms. The second kappa shape index (κ2) is 10.2. The Kier molecular flexibility index (Phi) is 7.13. The van der Waals surface area contributed by atoms with Crippen LogP contribution in [-0.2, 0) is 14.2 Å². The van der Waals surface area contributed by atoms with E-state index in [-0.39, 0.29) is 35.8 Å². The number of nitro benzene ring substituents is 1. The molecule has 0 aliphatic heterocycles. The van der Waals surface area contributed by atoms with E-state index in [1.165, 1.54) is 38.9 Å². The molecule has 1 heterocycles. The Morgan fingerprint density at radius 3 is 2.66 bits per heavy atom. The maximum atomic E-state index is 12.1. The lowest BCUT2D eigenvalue weighted by Gasteiger charge is -2.10. The summed E-state index contributed by atoms with van der Waals surface area (Å²) >= 11 is 0. The third-order valence-corrected chi connectivity index (χ3v) is 4.35. The molecule has 1 N–H and O–H groups in total. The fraction of sp³-hybridized carbons (Fsp3) is 0.190. The number of methoxy groups -OCH3 is 2. The number of anilines is 2. The number of hydrogen-bond acceptors (Lipinski definition) is 9. The van der Waals surface area contributed by atoms with E-state index in [1.54, 1.807) is 28.8 Å². The molecular formula is C21H20N4O7. The Labute approximate surface area is 182 Å². The van der Waals surface area contributed by atoms with E-state index in [1.807, 2.05) is 0 Å². The Morgan fingerprint density at radius 1 is 1.12 bits per heavy atom. The van der Waals surface area contributed by atoms with Gasteiger partial charge in [-0.2, -0.15) is 0 Å². The van der Waals surface area contributed by atoms with E-state index in [9.17, 15) is 19.7 Å². The van der Waals surface area contributed by atoms with Crippen molar-refractivity contribution in [3.8, 4) is 5.69 Å². The van der Waals surface area contributed by atoms with Crippen molar-refractivity contribution < 1.29 is 28.7 Å². The molecule has 2 aromatic carbocycles. The molecule has 0 bridgehead atoms. The molecule has 0 spiro atoms. The second-order valence-corrected chi connectivity index (χ2v) is 6.45. The first-order valence-electron chi connectivity index (χ1n) is 9.37. The van der Waals surface area contributed by atoms with Gasteiger partial charge in [-0.1, -0.05) is 6.07 Å². The maximum absolute atomic E-state index is 12.1. The second-order valence-electron chi connectivity index (χ2n) is 6.45. The van der Waals surface area contributed by atoms with Crippen LogP contribution in [0.3, 0.4) is 0 Å². The van der Waals surface area contributed by atoms with Gasteiger partial charge in [0.15, 0.2) is 5.69 Å². The minimum Gasteiger partial charge on any atom is -0.464 e. The fourth-order valence-electron chi connectivity index (χ4n) is 2.79. The highest BCUT2D eigenvalue weighted by Gasteiger charge is 2.19. The predicted molar refractivity (Wildman–Crippen MR) is 113 cm³/mol. The fourth-order valence-corrected chi connectivity index (χ4v) is 2.79. The van der Waals surface area contributed by atoms with Crippen LogP contribution in [0.25, 0.3) is 5.69 Å². The standard InChI is InChI=1S/C21H20N4O7/c1-30-8-9-32-20(26)14-6-7-17(19(10-14)25(28)29)23-15-4-3-5-16(11-15)24-12-18(22-13-24)21(27)31-2/h3-7,10-13,23H,8-9H2,1-2H3. The van der Waals surface area contributed by atoms with Crippen molar-refractivity contribution in [3.63, 3.8) is 0 Å². The molecular weight excluding hydrogens is 420 g/mol. The van der Waals surface area contributed by atoms with E-state index in [0.29, 0.717) is 11.4 Å². The molecule has 0 radical (unpaired) electrons. The summed E-state index contributed by atoms with van der Waals surface area (Å²) in [6.07, 6.45) is 2.97. The van der Waals surface area contributed by atoms with Gasteiger partial charge < -0.3 is 24.1 Å². The summed E-state index contributed by atoms with van der Waals surface area (Å²) in [6, 6.07) is 11.0. The van der Waals surface area contributed by atoms with Crippen molar-refractivity contribution in [2.75, 3.05) is 32.8 Å². The number of nitro groups is 1. The van der Waals surface area contributed by atoms with Crippen LogP contribution in [0.15, 0.2) is 55.0 Å². The van der Waals surface area contributed by atoms with Crippen LogP contribution >= 0.6 is 0 Å². The lowest BCUT2D eigenvalue weighted by Crippen LogP contribution is -2.10. The van der Waals surface area contributed by atoms with E-state index >= 15 is 0 Å². The zero-order valence-electron chi connectivity index (χ0n) is 17.3. The molecule has 0 saturated heterocycles. The van der Waals surface area contributed by atoms with Gasteiger partial charge in [-0.15, -0.1) is 0 Å². The van der Waals surface area contributed by atoms with Crippen molar-refractivity contribution in [2.24, 2.45) is 0 Å². The Balaban J connectivity index is 1.83. The predicted octanol–water partition coefficient (Wildman–Crippen LogP) is 3.11. The summed E-state index contributed by atoms with van der Waals surface area (Å²) in [7, 11) is 2.74. The monoisotopic (exact) mass is 440 g/mol. The average molecular weight is 440 g/mol. The number of carbonyl (C=O) groups excluding carboxylic acids is 2.